The Kier molecular flexibility index (Phi) is 7.37. The second kappa shape index (κ2) is 7.70. The van der Waals surface area contributed by atoms with E-state index in [-0.39, 0.29) is 29.6 Å². The van der Waals surface area contributed by atoms with Gasteiger partial charge in [-0.3, -0.25) is 9.59 Å². The second-order valence-electron chi connectivity index (χ2n) is 5.82. The Morgan fingerprint density at radius 2 is 1.53 bits per heavy atom. The van der Waals surface area contributed by atoms with Crippen LogP contribution in [0.15, 0.2) is 0 Å². The third-order valence-corrected chi connectivity index (χ3v) is 3.16. The van der Waals surface area contributed by atoms with Gasteiger partial charge >= 0.3 is 0 Å². The summed E-state index contributed by atoms with van der Waals surface area (Å²) in [6.07, 6.45) is 1.25. The monoisotopic (exact) mass is 291 g/mol. The lowest BCUT2D eigenvalue weighted by molar-refractivity contribution is -0.144. The molecule has 0 bridgehead atoms. The van der Waals surface area contributed by atoms with Crippen molar-refractivity contribution in [2.24, 2.45) is 11.1 Å². The SMILES string of the molecule is CC(C)(C)C(=O)N1CCN(C(=O)CCCN)CC1.Cl. The summed E-state index contributed by atoms with van der Waals surface area (Å²) in [7, 11) is 0. The van der Waals surface area contributed by atoms with Gasteiger partial charge in [-0.1, -0.05) is 20.8 Å². The Morgan fingerprint density at radius 3 is 1.95 bits per heavy atom. The van der Waals surface area contributed by atoms with Crippen LogP contribution < -0.4 is 5.73 Å². The molecule has 1 saturated heterocycles. The molecule has 19 heavy (non-hydrogen) atoms. The molecule has 0 unspecified atom stereocenters. The van der Waals surface area contributed by atoms with Crippen molar-refractivity contribution in [1.82, 2.24) is 9.80 Å². The van der Waals surface area contributed by atoms with Crippen LogP contribution in [0.1, 0.15) is 33.6 Å². The average Bonchev–Trinajstić information content (AvgIpc) is 2.34. The van der Waals surface area contributed by atoms with Crippen molar-refractivity contribution in [1.29, 1.82) is 0 Å². The molecule has 0 saturated carbocycles. The zero-order valence-electron chi connectivity index (χ0n) is 12.1. The number of carbonyl (C=O) groups excluding carboxylic acids is 2. The standard InChI is InChI=1S/C13H25N3O2.ClH/c1-13(2,3)12(18)16-9-7-15(8-10-16)11(17)5-4-6-14;/h4-10,14H2,1-3H3;1H. The van der Waals surface area contributed by atoms with Gasteiger partial charge in [0.15, 0.2) is 0 Å². The van der Waals surface area contributed by atoms with Crippen LogP contribution in [0.5, 0.6) is 0 Å². The average molecular weight is 292 g/mol. The molecule has 1 aliphatic heterocycles. The van der Waals surface area contributed by atoms with Crippen LogP contribution in [0.25, 0.3) is 0 Å². The number of halogens is 1. The molecule has 6 heteroatoms. The smallest absolute Gasteiger partial charge is 0.228 e. The molecular formula is C13H26ClN3O2. The highest BCUT2D eigenvalue weighted by Gasteiger charge is 2.30. The summed E-state index contributed by atoms with van der Waals surface area (Å²) in [5.41, 5.74) is 5.05. The largest absolute Gasteiger partial charge is 0.339 e. The molecule has 5 nitrogen and oxygen atoms in total. The van der Waals surface area contributed by atoms with Crippen molar-refractivity contribution in [3.05, 3.63) is 0 Å². The Balaban J connectivity index is 0.00000324. The topological polar surface area (TPSA) is 66.6 Å². The highest BCUT2D eigenvalue weighted by molar-refractivity contribution is 5.85. The first-order chi connectivity index (χ1) is 8.36. The van der Waals surface area contributed by atoms with Gasteiger partial charge in [0.25, 0.3) is 0 Å². The van der Waals surface area contributed by atoms with Crippen LogP contribution in [0.3, 0.4) is 0 Å². The summed E-state index contributed by atoms with van der Waals surface area (Å²) in [6, 6.07) is 0. The molecule has 0 atom stereocenters. The van der Waals surface area contributed by atoms with Gasteiger partial charge in [-0.05, 0) is 13.0 Å². The zero-order valence-corrected chi connectivity index (χ0v) is 13.0. The summed E-state index contributed by atoms with van der Waals surface area (Å²) in [5.74, 6) is 0.319. The summed E-state index contributed by atoms with van der Waals surface area (Å²) in [6.45, 7) is 8.90. The van der Waals surface area contributed by atoms with E-state index in [2.05, 4.69) is 0 Å². The maximum Gasteiger partial charge on any atom is 0.228 e. The quantitative estimate of drug-likeness (QED) is 0.839. The van der Waals surface area contributed by atoms with E-state index in [1.54, 1.807) is 0 Å². The lowest BCUT2D eigenvalue weighted by atomic mass is 9.94. The molecule has 1 heterocycles. The second-order valence-corrected chi connectivity index (χ2v) is 5.82. The number of hydrogen-bond acceptors (Lipinski definition) is 3. The zero-order chi connectivity index (χ0) is 13.8. The van der Waals surface area contributed by atoms with E-state index in [0.29, 0.717) is 39.1 Å². The first-order valence-corrected chi connectivity index (χ1v) is 6.63. The van der Waals surface area contributed by atoms with Crippen molar-refractivity contribution in [3.63, 3.8) is 0 Å². The van der Waals surface area contributed by atoms with Gasteiger partial charge in [0.2, 0.25) is 11.8 Å². The minimum atomic E-state index is -0.342. The number of amides is 2. The molecule has 0 aromatic heterocycles. The van der Waals surface area contributed by atoms with Crippen molar-refractivity contribution in [3.8, 4) is 0 Å². The van der Waals surface area contributed by atoms with Gasteiger partial charge in [-0.2, -0.15) is 0 Å². The van der Waals surface area contributed by atoms with E-state index < -0.39 is 0 Å². The summed E-state index contributed by atoms with van der Waals surface area (Å²) >= 11 is 0. The molecule has 1 fully saturated rings. The predicted molar refractivity (Wildman–Crippen MR) is 78.2 cm³/mol. The number of rotatable bonds is 3. The van der Waals surface area contributed by atoms with Crippen LogP contribution in [0.4, 0.5) is 0 Å². The third-order valence-electron chi connectivity index (χ3n) is 3.16. The molecular weight excluding hydrogens is 266 g/mol. The van der Waals surface area contributed by atoms with Crippen molar-refractivity contribution in [2.45, 2.75) is 33.6 Å². The van der Waals surface area contributed by atoms with Crippen molar-refractivity contribution in [2.75, 3.05) is 32.7 Å². The van der Waals surface area contributed by atoms with E-state index in [0.717, 1.165) is 6.42 Å². The van der Waals surface area contributed by atoms with Crippen LogP contribution in [-0.2, 0) is 9.59 Å². The normalized spacial score (nSPS) is 16.0. The maximum atomic E-state index is 12.1. The molecule has 1 rings (SSSR count). The fraction of sp³-hybridized carbons (Fsp3) is 0.846. The lowest BCUT2D eigenvalue weighted by Crippen LogP contribution is -2.53. The number of hydrogen-bond donors (Lipinski definition) is 1. The van der Waals surface area contributed by atoms with E-state index >= 15 is 0 Å². The van der Waals surface area contributed by atoms with Crippen LogP contribution in [0, 0.1) is 5.41 Å². The van der Waals surface area contributed by atoms with Gasteiger partial charge in [0.05, 0.1) is 0 Å². The number of carbonyl (C=O) groups is 2. The Labute approximate surface area is 121 Å². The molecule has 2 N–H and O–H groups in total. The predicted octanol–water partition coefficient (Wildman–Crippen LogP) is 0.864. The van der Waals surface area contributed by atoms with Crippen LogP contribution in [0.2, 0.25) is 0 Å². The minimum absolute atomic E-state index is 0. The van der Waals surface area contributed by atoms with Gasteiger partial charge in [-0.15, -0.1) is 12.4 Å². The number of nitrogens with zero attached hydrogens (tertiary/aromatic N) is 2. The summed E-state index contributed by atoms with van der Waals surface area (Å²) in [4.78, 5) is 27.6. The minimum Gasteiger partial charge on any atom is -0.339 e. The van der Waals surface area contributed by atoms with E-state index in [1.165, 1.54) is 0 Å². The molecule has 2 amide bonds. The highest BCUT2D eigenvalue weighted by Crippen LogP contribution is 2.18. The van der Waals surface area contributed by atoms with Gasteiger partial charge in [0.1, 0.15) is 0 Å². The Hall–Kier alpha value is -0.810. The molecule has 0 spiro atoms. The fourth-order valence-corrected chi connectivity index (χ4v) is 2.04. The van der Waals surface area contributed by atoms with Crippen molar-refractivity contribution >= 4 is 24.2 Å². The van der Waals surface area contributed by atoms with Gasteiger partial charge in [0, 0.05) is 38.0 Å². The first-order valence-electron chi connectivity index (χ1n) is 6.63. The molecule has 0 radical (unpaired) electrons. The molecule has 0 aromatic carbocycles. The van der Waals surface area contributed by atoms with E-state index in [1.807, 2.05) is 30.6 Å². The summed E-state index contributed by atoms with van der Waals surface area (Å²) < 4.78 is 0. The molecule has 0 aromatic rings. The number of nitrogens with two attached hydrogens (primary N) is 1. The van der Waals surface area contributed by atoms with Crippen molar-refractivity contribution < 1.29 is 9.59 Å². The van der Waals surface area contributed by atoms with E-state index in [4.69, 9.17) is 5.73 Å². The van der Waals surface area contributed by atoms with Crippen LogP contribution >= 0.6 is 12.4 Å². The van der Waals surface area contributed by atoms with Gasteiger partial charge in [-0.25, -0.2) is 0 Å². The maximum absolute atomic E-state index is 12.1. The van der Waals surface area contributed by atoms with Crippen LogP contribution in [-0.4, -0.2) is 54.3 Å². The Bertz CT molecular complexity index is 308. The summed E-state index contributed by atoms with van der Waals surface area (Å²) in [5, 5.41) is 0. The molecule has 112 valence electrons. The first kappa shape index (κ1) is 18.2. The lowest BCUT2D eigenvalue weighted by Gasteiger charge is -2.37. The highest BCUT2D eigenvalue weighted by atomic mass is 35.5. The van der Waals surface area contributed by atoms with Gasteiger partial charge < -0.3 is 15.5 Å². The third kappa shape index (κ3) is 5.37. The number of piperazine rings is 1. The molecule has 1 aliphatic rings. The Morgan fingerprint density at radius 1 is 1.05 bits per heavy atom. The van der Waals surface area contributed by atoms with E-state index in [9.17, 15) is 9.59 Å². The molecule has 0 aliphatic carbocycles. The fourth-order valence-electron chi connectivity index (χ4n) is 2.04.